The molecule has 38 heavy (non-hydrogen) atoms. The lowest BCUT2D eigenvalue weighted by Crippen LogP contribution is -2.62. The maximum Gasteiger partial charge on any atom is 0.322 e. The first-order chi connectivity index (χ1) is 18.4. The Morgan fingerprint density at radius 3 is 2.74 bits per heavy atom. The molecular formula is C26H32FN9O2. The van der Waals surface area contributed by atoms with Crippen molar-refractivity contribution in [2.75, 3.05) is 43.5 Å². The number of urea groups is 1. The van der Waals surface area contributed by atoms with Gasteiger partial charge in [0.25, 0.3) is 0 Å². The van der Waals surface area contributed by atoms with E-state index in [0.29, 0.717) is 29.9 Å². The zero-order valence-corrected chi connectivity index (χ0v) is 21.5. The second-order valence-corrected chi connectivity index (χ2v) is 12.0. The molecule has 0 atom stereocenters. The third kappa shape index (κ3) is 3.60. The van der Waals surface area contributed by atoms with Gasteiger partial charge in [0.15, 0.2) is 5.82 Å². The number of carbonyl (C=O) groups excluding carboxylic acids is 1. The van der Waals surface area contributed by atoms with E-state index in [1.807, 2.05) is 11.0 Å². The molecule has 2 saturated heterocycles. The molecule has 3 aliphatic carbocycles. The molecule has 3 N–H and O–H groups in total. The molecule has 0 unspecified atom stereocenters. The number of ether oxygens (including phenoxy) is 1. The number of hydrogen-bond acceptors (Lipinski definition) is 7. The number of anilines is 2. The van der Waals surface area contributed by atoms with E-state index in [9.17, 15) is 9.18 Å². The number of rotatable bonds is 6. The quantitative estimate of drug-likeness (QED) is 0.457. The predicted molar refractivity (Wildman–Crippen MR) is 139 cm³/mol. The Morgan fingerprint density at radius 2 is 2.03 bits per heavy atom. The van der Waals surface area contributed by atoms with Crippen LogP contribution < -0.4 is 15.5 Å². The maximum absolute atomic E-state index is 14.8. The highest BCUT2D eigenvalue weighted by Crippen LogP contribution is 2.50. The standard InChI is InChI=1S/C26H32FN9O2/c1-38-16-11-34(12-16)22-17-9-28-18(8-20(17)36(33-22)14-24(27)2-3-24)21-19(10-30-32-21)31-23(37)35-15-25(4-5-25)29-13-26(35)6-7-26/h8-10,16,29H,2-7,11-15H2,1H3,(H,30,32)(H,31,37). The van der Waals surface area contributed by atoms with Crippen molar-refractivity contribution in [3.8, 4) is 11.4 Å². The summed E-state index contributed by atoms with van der Waals surface area (Å²) in [6, 6.07) is 1.82. The number of methoxy groups -OCH3 is 1. The number of amides is 2. The number of nitrogens with zero attached hydrogens (tertiary/aromatic N) is 6. The molecule has 0 aromatic carbocycles. The van der Waals surface area contributed by atoms with E-state index in [1.54, 1.807) is 24.2 Å². The molecular weight excluding hydrogens is 489 g/mol. The normalized spacial score (nSPS) is 24.2. The highest BCUT2D eigenvalue weighted by atomic mass is 19.1. The van der Waals surface area contributed by atoms with Crippen LogP contribution in [0.3, 0.4) is 0 Å². The van der Waals surface area contributed by atoms with E-state index in [-0.39, 0.29) is 29.8 Å². The number of alkyl halides is 1. The van der Waals surface area contributed by atoms with Crippen LogP contribution in [0.15, 0.2) is 18.5 Å². The Kier molecular flexibility index (Phi) is 4.58. The van der Waals surface area contributed by atoms with Gasteiger partial charge >= 0.3 is 6.03 Å². The Morgan fingerprint density at radius 1 is 1.21 bits per heavy atom. The topological polar surface area (TPSA) is 116 Å². The number of fused-ring (bicyclic) bond motifs is 1. The summed E-state index contributed by atoms with van der Waals surface area (Å²) >= 11 is 0. The minimum Gasteiger partial charge on any atom is -0.378 e. The number of halogens is 1. The molecule has 3 saturated carbocycles. The van der Waals surface area contributed by atoms with Gasteiger partial charge in [0.05, 0.1) is 46.7 Å². The van der Waals surface area contributed by atoms with Gasteiger partial charge in [-0.05, 0) is 44.6 Å². The van der Waals surface area contributed by atoms with Gasteiger partial charge in [0.1, 0.15) is 11.4 Å². The zero-order chi connectivity index (χ0) is 25.7. The molecule has 0 bridgehead atoms. The number of aromatic nitrogens is 5. The van der Waals surface area contributed by atoms with Crippen LogP contribution >= 0.6 is 0 Å². The molecule has 5 heterocycles. The Labute approximate surface area is 219 Å². The van der Waals surface area contributed by atoms with Crippen molar-refractivity contribution in [1.82, 2.24) is 35.2 Å². The van der Waals surface area contributed by atoms with Crippen molar-refractivity contribution in [2.24, 2.45) is 0 Å². The minimum atomic E-state index is -1.20. The average Bonchev–Trinajstić information content (AvgIpc) is 3.84. The summed E-state index contributed by atoms with van der Waals surface area (Å²) in [6.45, 7) is 3.31. The second-order valence-electron chi connectivity index (χ2n) is 12.0. The second kappa shape index (κ2) is 7.66. The monoisotopic (exact) mass is 521 g/mol. The lowest BCUT2D eigenvalue weighted by atomic mass is 10.1. The van der Waals surface area contributed by atoms with Crippen LogP contribution in [0.2, 0.25) is 0 Å². The van der Waals surface area contributed by atoms with Gasteiger partial charge in [-0.3, -0.25) is 14.8 Å². The maximum atomic E-state index is 14.8. The molecule has 12 heteroatoms. The molecule has 5 aliphatic rings. The van der Waals surface area contributed by atoms with Gasteiger partial charge in [-0.25, -0.2) is 9.18 Å². The van der Waals surface area contributed by atoms with Gasteiger partial charge in [-0.2, -0.15) is 10.2 Å². The molecule has 3 aromatic heterocycles. The molecule has 11 nitrogen and oxygen atoms in total. The Balaban J connectivity index is 1.10. The smallest absolute Gasteiger partial charge is 0.322 e. The van der Waals surface area contributed by atoms with Crippen molar-refractivity contribution in [3.05, 3.63) is 18.5 Å². The number of pyridine rings is 1. The number of nitrogens with one attached hydrogen (secondary N) is 3. The molecule has 2 amide bonds. The van der Waals surface area contributed by atoms with Crippen LogP contribution in [0.5, 0.6) is 0 Å². The van der Waals surface area contributed by atoms with Crippen LogP contribution in [0, 0.1) is 0 Å². The van der Waals surface area contributed by atoms with Crippen LogP contribution in [0.1, 0.15) is 38.5 Å². The first kappa shape index (κ1) is 22.7. The summed E-state index contributed by atoms with van der Waals surface area (Å²) in [5, 5.41) is 19.7. The first-order valence-electron chi connectivity index (χ1n) is 13.6. The Bertz CT molecular complexity index is 1430. The number of aromatic amines is 1. The number of hydrogen-bond donors (Lipinski definition) is 3. The highest BCUT2D eigenvalue weighted by Gasteiger charge is 2.59. The molecule has 2 spiro atoms. The van der Waals surface area contributed by atoms with Crippen molar-refractivity contribution >= 4 is 28.4 Å². The molecule has 3 aromatic rings. The van der Waals surface area contributed by atoms with Crippen molar-refractivity contribution in [3.63, 3.8) is 0 Å². The summed E-state index contributed by atoms with van der Waals surface area (Å²) in [6.07, 6.45) is 9.01. The van der Waals surface area contributed by atoms with Crippen LogP contribution in [-0.4, -0.2) is 92.0 Å². The van der Waals surface area contributed by atoms with Crippen LogP contribution in [0.4, 0.5) is 20.7 Å². The first-order valence-corrected chi connectivity index (χ1v) is 13.6. The van der Waals surface area contributed by atoms with E-state index >= 15 is 0 Å². The van der Waals surface area contributed by atoms with Gasteiger partial charge in [-0.1, -0.05) is 0 Å². The highest BCUT2D eigenvalue weighted by molar-refractivity contribution is 5.96. The van der Waals surface area contributed by atoms with Crippen LogP contribution in [0.25, 0.3) is 22.3 Å². The fourth-order valence-corrected chi connectivity index (χ4v) is 5.96. The number of piperazine rings is 1. The fraction of sp³-hybridized carbons (Fsp3) is 0.615. The van der Waals surface area contributed by atoms with E-state index in [0.717, 1.165) is 68.6 Å². The molecule has 200 valence electrons. The van der Waals surface area contributed by atoms with Gasteiger partial charge in [0, 0.05) is 45.0 Å². The summed E-state index contributed by atoms with van der Waals surface area (Å²) in [5.74, 6) is 0.803. The summed E-state index contributed by atoms with van der Waals surface area (Å²) in [4.78, 5) is 22.4. The predicted octanol–water partition coefficient (Wildman–Crippen LogP) is 2.66. The van der Waals surface area contributed by atoms with Crippen molar-refractivity contribution < 1.29 is 13.9 Å². The number of carbonyl (C=O) groups is 1. The van der Waals surface area contributed by atoms with Gasteiger partial charge in [-0.15, -0.1) is 0 Å². The van der Waals surface area contributed by atoms with Crippen LogP contribution in [-0.2, 0) is 11.3 Å². The third-order valence-corrected chi connectivity index (χ3v) is 9.21. The van der Waals surface area contributed by atoms with Gasteiger partial charge in [0.2, 0.25) is 0 Å². The largest absolute Gasteiger partial charge is 0.378 e. The SMILES string of the molecule is COC1CN(c2nn(CC3(F)CC3)c3cc(-c4[nH]ncc4NC(=O)N4CC5(CC5)NCC45CC5)ncc23)C1. The summed E-state index contributed by atoms with van der Waals surface area (Å²) < 4.78 is 22.0. The summed E-state index contributed by atoms with van der Waals surface area (Å²) in [5.41, 5.74) is 1.49. The van der Waals surface area contributed by atoms with E-state index in [2.05, 4.69) is 25.7 Å². The van der Waals surface area contributed by atoms with Crippen molar-refractivity contribution in [1.29, 1.82) is 0 Å². The lowest BCUT2D eigenvalue weighted by molar-refractivity contribution is 0.0783. The molecule has 0 radical (unpaired) electrons. The van der Waals surface area contributed by atoms with Gasteiger partial charge < -0.3 is 25.2 Å². The fourth-order valence-electron chi connectivity index (χ4n) is 5.96. The van der Waals surface area contributed by atoms with Crippen molar-refractivity contribution in [2.45, 2.75) is 67.9 Å². The lowest BCUT2D eigenvalue weighted by Gasteiger charge is -2.41. The summed E-state index contributed by atoms with van der Waals surface area (Å²) in [7, 11) is 1.71. The van der Waals surface area contributed by atoms with E-state index in [1.165, 1.54) is 0 Å². The molecule has 5 fully saturated rings. The number of H-pyrrole nitrogens is 1. The van der Waals surface area contributed by atoms with E-state index < -0.39 is 5.67 Å². The molecule has 2 aliphatic heterocycles. The Hall–Kier alpha value is -3.25. The minimum absolute atomic E-state index is 0.0638. The zero-order valence-electron chi connectivity index (χ0n) is 21.5. The average molecular weight is 522 g/mol. The van der Waals surface area contributed by atoms with E-state index in [4.69, 9.17) is 14.8 Å². The molecule has 8 rings (SSSR count). The third-order valence-electron chi connectivity index (χ3n) is 9.21.